The second kappa shape index (κ2) is 1.75. The van der Waals surface area contributed by atoms with E-state index < -0.39 is 0 Å². The predicted molar refractivity (Wildman–Crippen MR) is 34.0 cm³/mol. The van der Waals surface area contributed by atoms with E-state index in [1.165, 1.54) is 25.7 Å². The third-order valence-electron chi connectivity index (χ3n) is 2.39. The molecule has 0 saturated heterocycles. The third-order valence-corrected chi connectivity index (χ3v) is 2.39. The van der Waals surface area contributed by atoms with E-state index in [1.54, 1.807) is 0 Å². The second-order valence-corrected chi connectivity index (χ2v) is 3.05. The molecule has 2 aliphatic carbocycles. The maximum absolute atomic E-state index is 2.56. The summed E-state index contributed by atoms with van der Waals surface area (Å²) in [6.07, 6.45) is 10.7. The van der Waals surface area contributed by atoms with Gasteiger partial charge in [-0.1, -0.05) is 0 Å². The minimum atomic E-state index is 0.980. The molecule has 2 fully saturated rings. The second-order valence-electron chi connectivity index (χ2n) is 3.05. The van der Waals surface area contributed by atoms with Crippen LogP contribution in [0.15, 0.2) is 0 Å². The van der Waals surface area contributed by atoms with Gasteiger partial charge in [-0.05, 0) is 50.4 Å². The normalized spacial score (nSPS) is 45.0. The fraction of sp³-hybridized carbons (Fsp3) is 0.750. The third kappa shape index (κ3) is 0.667. The molecule has 2 atom stereocenters. The first-order chi connectivity index (χ1) is 3.95. The molecule has 0 nitrogen and oxygen atoms in total. The van der Waals surface area contributed by atoms with Gasteiger partial charge in [0.05, 0.1) is 0 Å². The van der Waals surface area contributed by atoms with Crippen LogP contribution in [0.4, 0.5) is 0 Å². The van der Waals surface area contributed by atoms with Crippen molar-refractivity contribution < 1.29 is 0 Å². The quantitative estimate of drug-likeness (QED) is 0.446. The molecule has 0 heterocycles. The molecule has 2 aliphatic rings. The highest BCUT2D eigenvalue weighted by Gasteiger charge is 2.28. The highest BCUT2D eigenvalue weighted by Crippen LogP contribution is 2.40. The van der Waals surface area contributed by atoms with Crippen molar-refractivity contribution in [2.45, 2.75) is 25.7 Å². The van der Waals surface area contributed by atoms with Crippen LogP contribution in [0.3, 0.4) is 0 Å². The van der Waals surface area contributed by atoms with Gasteiger partial charge < -0.3 is 0 Å². The van der Waals surface area contributed by atoms with Crippen LogP contribution in [0, 0.1) is 24.7 Å². The molecule has 2 bridgehead atoms. The van der Waals surface area contributed by atoms with Gasteiger partial charge in [-0.3, -0.25) is 0 Å². The van der Waals surface area contributed by atoms with Gasteiger partial charge >= 0.3 is 0 Å². The van der Waals surface area contributed by atoms with Crippen LogP contribution in [0.25, 0.3) is 0 Å². The molecule has 0 N–H and O–H groups in total. The lowest BCUT2D eigenvalue weighted by molar-refractivity contribution is 0.540. The monoisotopic (exact) mass is 108 g/mol. The maximum Gasteiger partial charge on any atom is -0.0323 e. The Morgan fingerprint density at radius 3 is 2.12 bits per heavy atom. The molecule has 0 aliphatic heterocycles. The first kappa shape index (κ1) is 4.84. The summed E-state index contributed by atoms with van der Waals surface area (Å²) in [5.41, 5.74) is 0. The van der Waals surface area contributed by atoms with Crippen molar-refractivity contribution in [3.05, 3.63) is 12.8 Å². The Hall–Kier alpha value is 0. The molecule has 0 aromatic carbocycles. The Morgan fingerprint density at radius 1 is 1.00 bits per heavy atom. The van der Waals surface area contributed by atoms with Crippen molar-refractivity contribution in [1.29, 1.82) is 0 Å². The Labute approximate surface area is 51.3 Å². The Morgan fingerprint density at radius 2 is 1.62 bits per heavy atom. The van der Waals surface area contributed by atoms with E-state index in [4.69, 9.17) is 0 Å². The van der Waals surface area contributed by atoms with Crippen LogP contribution < -0.4 is 0 Å². The SMILES string of the molecule is [CH]1CC2[CH]C(C1)CC2. The van der Waals surface area contributed by atoms with E-state index in [0.717, 1.165) is 11.8 Å². The minimum absolute atomic E-state index is 0.980. The average Bonchev–Trinajstić information content (AvgIpc) is 2.12. The molecule has 2 unspecified atom stereocenters. The van der Waals surface area contributed by atoms with Crippen LogP contribution >= 0.6 is 0 Å². The van der Waals surface area contributed by atoms with E-state index in [-0.39, 0.29) is 0 Å². The van der Waals surface area contributed by atoms with Crippen molar-refractivity contribution in [2.24, 2.45) is 11.8 Å². The molecular weight excluding hydrogens is 96.1 g/mol. The number of rotatable bonds is 0. The first-order valence-electron chi connectivity index (χ1n) is 3.62. The van der Waals surface area contributed by atoms with Crippen LogP contribution in [0.5, 0.6) is 0 Å². The molecule has 0 aromatic heterocycles. The smallest absolute Gasteiger partial charge is 0.0323 e. The van der Waals surface area contributed by atoms with E-state index in [2.05, 4.69) is 12.8 Å². The molecule has 0 heteroatoms. The fourth-order valence-corrected chi connectivity index (χ4v) is 1.92. The number of hydrogen-bond acceptors (Lipinski definition) is 0. The van der Waals surface area contributed by atoms with Gasteiger partial charge in [0.15, 0.2) is 0 Å². The first-order valence-corrected chi connectivity index (χ1v) is 3.62. The summed E-state index contributed by atoms with van der Waals surface area (Å²) in [7, 11) is 0. The topological polar surface area (TPSA) is 0 Å². The lowest BCUT2D eigenvalue weighted by atomic mass is 9.89. The van der Waals surface area contributed by atoms with Crippen molar-refractivity contribution in [3.8, 4) is 0 Å². The van der Waals surface area contributed by atoms with Crippen molar-refractivity contribution in [2.75, 3.05) is 0 Å². The lowest BCUT2D eigenvalue weighted by Gasteiger charge is -2.16. The van der Waals surface area contributed by atoms with Crippen LogP contribution in [-0.4, -0.2) is 0 Å². The van der Waals surface area contributed by atoms with Gasteiger partial charge in [-0.25, -0.2) is 0 Å². The maximum atomic E-state index is 2.56. The zero-order valence-electron chi connectivity index (χ0n) is 5.14. The predicted octanol–water partition coefficient (Wildman–Crippen LogP) is 2.21. The summed E-state index contributed by atoms with van der Waals surface area (Å²) in [4.78, 5) is 0. The number of fused-ring (bicyclic) bond motifs is 2. The molecule has 8 heavy (non-hydrogen) atoms. The Kier molecular flexibility index (Phi) is 1.06. The highest BCUT2D eigenvalue weighted by atomic mass is 14.3. The fourth-order valence-electron chi connectivity index (χ4n) is 1.92. The standard InChI is InChI=1S/C8H12/c1-2-7-4-5-8(3-1)6-7/h1,6-8H,2-5H2. The minimum Gasteiger partial charge on any atom is -0.0499 e. The van der Waals surface area contributed by atoms with Gasteiger partial charge in [-0.15, -0.1) is 0 Å². The summed E-state index contributed by atoms with van der Waals surface area (Å²) >= 11 is 0. The van der Waals surface area contributed by atoms with Crippen LogP contribution in [-0.2, 0) is 0 Å². The van der Waals surface area contributed by atoms with Crippen molar-refractivity contribution in [1.82, 2.24) is 0 Å². The molecule has 2 rings (SSSR count). The van der Waals surface area contributed by atoms with E-state index in [9.17, 15) is 0 Å². The average molecular weight is 108 g/mol. The number of hydrogen-bond donors (Lipinski definition) is 0. The van der Waals surface area contributed by atoms with E-state index >= 15 is 0 Å². The van der Waals surface area contributed by atoms with Gasteiger partial charge in [0.25, 0.3) is 0 Å². The Balaban J connectivity index is 2.03. The summed E-state index contributed by atoms with van der Waals surface area (Å²) < 4.78 is 0. The molecule has 0 amide bonds. The molecule has 0 spiro atoms. The lowest BCUT2D eigenvalue weighted by Crippen LogP contribution is -2.05. The molecule has 2 radical (unpaired) electrons. The van der Waals surface area contributed by atoms with Crippen LogP contribution in [0.2, 0.25) is 0 Å². The van der Waals surface area contributed by atoms with E-state index in [0.29, 0.717) is 0 Å². The summed E-state index contributed by atoms with van der Waals surface area (Å²) in [5.74, 6) is 1.96. The van der Waals surface area contributed by atoms with Gasteiger partial charge in [0.1, 0.15) is 0 Å². The van der Waals surface area contributed by atoms with E-state index in [1.807, 2.05) is 0 Å². The van der Waals surface area contributed by atoms with Crippen molar-refractivity contribution in [3.63, 3.8) is 0 Å². The molecule has 2 saturated carbocycles. The largest absolute Gasteiger partial charge is 0.0499 e. The zero-order valence-corrected chi connectivity index (χ0v) is 5.14. The van der Waals surface area contributed by atoms with Crippen LogP contribution in [0.1, 0.15) is 25.7 Å². The Bertz CT molecular complexity index is 72.0. The summed E-state index contributed by atoms with van der Waals surface area (Å²) in [6, 6.07) is 0. The van der Waals surface area contributed by atoms with Crippen molar-refractivity contribution >= 4 is 0 Å². The summed E-state index contributed by atoms with van der Waals surface area (Å²) in [5, 5.41) is 0. The molecule has 0 aromatic rings. The molecular formula is C8H12. The highest BCUT2D eigenvalue weighted by molar-refractivity contribution is 5.00. The molecule has 44 valence electrons. The zero-order chi connectivity index (χ0) is 5.40. The van der Waals surface area contributed by atoms with Gasteiger partial charge in [0.2, 0.25) is 0 Å². The summed E-state index contributed by atoms with van der Waals surface area (Å²) in [6.45, 7) is 0. The van der Waals surface area contributed by atoms with Gasteiger partial charge in [-0.2, -0.15) is 0 Å². The van der Waals surface area contributed by atoms with Gasteiger partial charge in [0, 0.05) is 0 Å².